The molecule has 0 saturated carbocycles. The van der Waals surface area contributed by atoms with Gasteiger partial charge in [-0.15, -0.1) is 0 Å². The van der Waals surface area contributed by atoms with E-state index in [1.807, 2.05) is 59.7 Å². The van der Waals surface area contributed by atoms with Gasteiger partial charge in [-0.05, 0) is 118 Å². The zero-order chi connectivity index (χ0) is 47.1. The molecule has 0 atom stereocenters. The van der Waals surface area contributed by atoms with Crippen LogP contribution in [0.15, 0.2) is 152 Å². The highest BCUT2D eigenvalue weighted by atomic mass is 15.1. The summed E-state index contributed by atoms with van der Waals surface area (Å²) in [6.45, 7) is 31.8. The zero-order valence-electron chi connectivity index (χ0n) is 42.1. The number of nitrogens with zero attached hydrogens (tertiary/aromatic N) is 2. The van der Waals surface area contributed by atoms with Crippen molar-refractivity contribution in [2.45, 2.75) is 116 Å². The Hall–Kier alpha value is -6.12. The molecular formula is C62H76N2. The summed E-state index contributed by atoms with van der Waals surface area (Å²) >= 11 is 0. The first-order valence-corrected chi connectivity index (χ1v) is 23.7. The van der Waals surface area contributed by atoms with Gasteiger partial charge in [0.05, 0.1) is 5.69 Å². The average molecular weight is 849 g/mol. The van der Waals surface area contributed by atoms with E-state index >= 15 is 0 Å². The second-order valence-corrected chi connectivity index (χ2v) is 16.6. The van der Waals surface area contributed by atoms with E-state index in [-0.39, 0.29) is 5.41 Å². The summed E-state index contributed by atoms with van der Waals surface area (Å²) in [6.07, 6.45) is 5.55. The van der Waals surface area contributed by atoms with E-state index in [1.54, 1.807) is 0 Å². The van der Waals surface area contributed by atoms with Crippen LogP contribution in [0.4, 0.5) is 17.1 Å². The van der Waals surface area contributed by atoms with Gasteiger partial charge in [0.25, 0.3) is 0 Å². The molecule has 1 aliphatic carbocycles. The van der Waals surface area contributed by atoms with Gasteiger partial charge in [0.2, 0.25) is 0 Å². The number of rotatable bonds is 5. The Kier molecular flexibility index (Phi) is 18.6. The van der Waals surface area contributed by atoms with Gasteiger partial charge in [-0.3, -0.25) is 0 Å². The van der Waals surface area contributed by atoms with Crippen molar-refractivity contribution in [2.75, 3.05) is 4.90 Å². The fourth-order valence-electron chi connectivity index (χ4n) is 8.36. The van der Waals surface area contributed by atoms with E-state index in [2.05, 4.69) is 218 Å². The molecule has 1 aliphatic rings. The molecule has 0 radical (unpaired) electrons. The Labute approximate surface area is 388 Å². The minimum absolute atomic E-state index is 0.0678. The molecule has 0 saturated heterocycles. The third-order valence-corrected chi connectivity index (χ3v) is 11.8. The van der Waals surface area contributed by atoms with Crippen LogP contribution in [-0.2, 0) is 12.5 Å². The average Bonchev–Trinajstić information content (AvgIpc) is 3.69. The Balaban J connectivity index is 0.000000255. The number of hydrogen-bond donors (Lipinski definition) is 0. The topological polar surface area (TPSA) is 8.17 Å². The van der Waals surface area contributed by atoms with Crippen LogP contribution in [0.1, 0.15) is 119 Å². The summed E-state index contributed by atoms with van der Waals surface area (Å²) < 4.78 is 2.28. The lowest BCUT2D eigenvalue weighted by atomic mass is 9.81. The van der Waals surface area contributed by atoms with Gasteiger partial charge < -0.3 is 9.47 Å². The molecule has 2 heteroatoms. The monoisotopic (exact) mass is 849 g/mol. The predicted octanol–water partition coefficient (Wildman–Crippen LogP) is 18.8. The maximum Gasteiger partial charge on any atom is 0.0543 e. The molecule has 8 aromatic rings. The first-order valence-electron chi connectivity index (χ1n) is 23.7. The SMILES string of the molecule is CC.CC.CC.CC/C=C\c1c(C)n(C)c2cc(C)ccc12.Cc1ccc(N(c2ccc(C)cc2)c2cc3c(c4ccccc24)-c2ccc(C)cc2C3(C)C)cc1.Cc1ccccc1. The Morgan fingerprint density at radius 3 is 1.52 bits per heavy atom. The van der Waals surface area contributed by atoms with Crippen LogP contribution < -0.4 is 4.90 Å². The Bertz CT molecular complexity index is 2680. The lowest BCUT2D eigenvalue weighted by Gasteiger charge is -2.30. The minimum Gasteiger partial charge on any atom is -0.347 e. The molecule has 0 fully saturated rings. The lowest BCUT2D eigenvalue weighted by molar-refractivity contribution is 0.660. The van der Waals surface area contributed by atoms with Gasteiger partial charge in [-0.1, -0.05) is 206 Å². The van der Waals surface area contributed by atoms with Crippen LogP contribution in [0.3, 0.4) is 0 Å². The molecule has 0 unspecified atom stereocenters. The number of aryl methyl sites for hydroxylation is 6. The van der Waals surface area contributed by atoms with Crippen LogP contribution in [-0.4, -0.2) is 4.57 Å². The molecule has 0 aliphatic heterocycles. The molecule has 0 amide bonds. The normalized spacial score (nSPS) is 11.6. The standard InChI is InChI=1S/C34H31N.C15H19N.C7H8.3C2H6/c1-22-10-15-25(16-11-22)35(26-17-12-23(2)13-18-26)32-21-31-33(28-9-7-6-8-27(28)32)29-19-14-24(3)20-30(29)34(31,4)5;1-5-6-7-13-12(3)16(4)15-10-11(2)8-9-14(13)15;1-7-5-3-2-4-6-7;3*1-2/h6-21H,1-5H3;6-10H,5H2,1-4H3;2-6H,1H3;3*1-2H3/b;7-6-;;;;. The van der Waals surface area contributed by atoms with E-state index in [9.17, 15) is 0 Å². The second kappa shape index (κ2) is 23.5. The van der Waals surface area contributed by atoms with Crippen LogP contribution >= 0.6 is 0 Å². The van der Waals surface area contributed by atoms with Gasteiger partial charge in [0.1, 0.15) is 0 Å². The molecule has 1 aromatic heterocycles. The first-order chi connectivity index (χ1) is 30.9. The van der Waals surface area contributed by atoms with Gasteiger partial charge in [0, 0.05) is 51.4 Å². The van der Waals surface area contributed by atoms with E-state index in [0.717, 1.165) is 6.42 Å². The Morgan fingerprint density at radius 1 is 0.500 bits per heavy atom. The van der Waals surface area contributed by atoms with Gasteiger partial charge in [-0.25, -0.2) is 0 Å². The molecule has 7 aromatic carbocycles. The van der Waals surface area contributed by atoms with Gasteiger partial charge in [0.15, 0.2) is 0 Å². The summed E-state index contributed by atoms with van der Waals surface area (Å²) in [4.78, 5) is 2.42. The molecule has 1 heterocycles. The summed E-state index contributed by atoms with van der Waals surface area (Å²) in [5.74, 6) is 0. The number of benzene rings is 7. The molecular weight excluding hydrogens is 773 g/mol. The molecule has 9 rings (SSSR count). The number of anilines is 3. The number of aromatic nitrogens is 1. The highest BCUT2D eigenvalue weighted by Crippen LogP contribution is 2.54. The highest BCUT2D eigenvalue weighted by Gasteiger charge is 2.38. The van der Waals surface area contributed by atoms with E-state index in [1.165, 1.54) is 100 Å². The summed E-state index contributed by atoms with van der Waals surface area (Å²) in [6, 6.07) is 53.0. The summed E-state index contributed by atoms with van der Waals surface area (Å²) in [7, 11) is 2.14. The van der Waals surface area contributed by atoms with Crippen LogP contribution in [0.5, 0.6) is 0 Å². The van der Waals surface area contributed by atoms with Crippen LogP contribution in [0.2, 0.25) is 0 Å². The van der Waals surface area contributed by atoms with Crippen LogP contribution in [0.25, 0.3) is 38.9 Å². The number of hydrogen-bond acceptors (Lipinski definition) is 1. The quantitative estimate of drug-likeness (QED) is 0.167. The largest absolute Gasteiger partial charge is 0.347 e. The fourth-order valence-corrected chi connectivity index (χ4v) is 8.36. The molecule has 64 heavy (non-hydrogen) atoms. The zero-order valence-corrected chi connectivity index (χ0v) is 42.1. The van der Waals surface area contributed by atoms with Crippen molar-refractivity contribution in [1.29, 1.82) is 0 Å². The smallest absolute Gasteiger partial charge is 0.0543 e. The maximum atomic E-state index is 2.45. The van der Waals surface area contributed by atoms with Crippen molar-refractivity contribution in [2.24, 2.45) is 7.05 Å². The van der Waals surface area contributed by atoms with Crippen LogP contribution in [0, 0.1) is 41.5 Å². The first kappa shape index (κ1) is 50.5. The molecule has 0 N–H and O–H groups in total. The third-order valence-electron chi connectivity index (χ3n) is 11.8. The fraction of sp³-hybridized carbons (Fsp3) is 0.290. The van der Waals surface area contributed by atoms with Crippen molar-refractivity contribution in [1.82, 2.24) is 4.57 Å². The summed E-state index contributed by atoms with van der Waals surface area (Å²) in [5, 5.41) is 3.95. The third kappa shape index (κ3) is 11.1. The lowest BCUT2D eigenvalue weighted by Crippen LogP contribution is -2.17. The van der Waals surface area contributed by atoms with Crippen molar-refractivity contribution >= 4 is 44.8 Å². The van der Waals surface area contributed by atoms with Crippen molar-refractivity contribution in [3.63, 3.8) is 0 Å². The summed E-state index contributed by atoms with van der Waals surface area (Å²) in [5.41, 5.74) is 19.6. The second-order valence-electron chi connectivity index (χ2n) is 16.6. The molecule has 0 spiro atoms. The highest BCUT2D eigenvalue weighted by molar-refractivity contribution is 6.10. The Morgan fingerprint density at radius 2 is 0.984 bits per heavy atom. The molecule has 2 nitrogen and oxygen atoms in total. The van der Waals surface area contributed by atoms with Crippen molar-refractivity contribution in [3.8, 4) is 11.1 Å². The van der Waals surface area contributed by atoms with Gasteiger partial charge in [-0.2, -0.15) is 0 Å². The number of fused-ring (bicyclic) bond motifs is 6. The molecule has 334 valence electrons. The van der Waals surface area contributed by atoms with E-state index in [4.69, 9.17) is 0 Å². The minimum atomic E-state index is -0.0678. The predicted molar refractivity (Wildman–Crippen MR) is 287 cm³/mol. The molecule has 0 bridgehead atoms. The van der Waals surface area contributed by atoms with E-state index in [0.29, 0.717) is 0 Å². The van der Waals surface area contributed by atoms with E-state index < -0.39 is 0 Å². The van der Waals surface area contributed by atoms with Crippen molar-refractivity contribution < 1.29 is 0 Å². The number of allylic oxidation sites excluding steroid dienone is 1. The van der Waals surface area contributed by atoms with Crippen molar-refractivity contribution in [3.05, 3.63) is 202 Å². The maximum absolute atomic E-state index is 2.45. The van der Waals surface area contributed by atoms with Gasteiger partial charge >= 0.3 is 0 Å².